The number of likely N-dealkylation sites (tertiary alicyclic amines) is 1. The standard InChI is InChI=1S/C19H21N3O3S/c1-25-16-7-3-2-6-13(16)14-10-17(23)21-19(15(14)11-20)26-12-18(24)22-8-4-5-9-22/h2-3,6-7,14H,4-5,8-10,12H2,1H3,(H,21,23). The number of nitrogens with zero attached hydrogens (tertiary/aromatic N) is 2. The van der Waals surface area contributed by atoms with E-state index in [1.54, 1.807) is 7.11 Å². The fourth-order valence-electron chi connectivity index (χ4n) is 3.34. The van der Waals surface area contributed by atoms with E-state index in [2.05, 4.69) is 11.4 Å². The summed E-state index contributed by atoms with van der Waals surface area (Å²) in [6, 6.07) is 9.64. The maximum absolute atomic E-state index is 12.3. The number of hydrogen-bond acceptors (Lipinski definition) is 5. The van der Waals surface area contributed by atoms with E-state index in [9.17, 15) is 14.9 Å². The molecule has 3 rings (SSSR count). The van der Waals surface area contributed by atoms with Crippen LogP contribution >= 0.6 is 11.8 Å². The van der Waals surface area contributed by atoms with Crippen LogP contribution in [0.25, 0.3) is 0 Å². The Hall–Kier alpha value is -2.46. The Balaban J connectivity index is 1.84. The highest BCUT2D eigenvalue weighted by Gasteiger charge is 2.32. The van der Waals surface area contributed by atoms with Crippen LogP contribution in [-0.4, -0.2) is 42.7 Å². The molecule has 26 heavy (non-hydrogen) atoms. The Morgan fingerprint density at radius 1 is 1.38 bits per heavy atom. The smallest absolute Gasteiger partial charge is 0.232 e. The lowest BCUT2D eigenvalue weighted by atomic mass is 9.86. The predicted molar refractivity (Wildman–Crippen MR) is 99.4 cm³/mol. The second kappa shape index (κ2) is 8.28. The molecular formula is C19H21N3O3S. The molecule has 0 spiro atoms. The molecular weight excluding hydrogens is 350 g/mol. The van der Waals surface area contributed by atoms with E-state index in [1.807, 2.05) is 29.2 Å². The quantitative estimate of drug-likeness (QED) is 0.859. The van der Waals surface area contributed by atoms with Gasteiger partial charge in [-0.15, -0.1) is 0 Å². The van der Waals surface area contributed by atoms with Gasteiger partial charge in [0.15, 0.2) is 0 Å². The van der Waals surface area contributed by atoms with Crippen molar-refractivity contribution < 1.29 is 14.3 Å². The minimum Gasteiger partial charge on any atom is -0.496 e. The van der Waals surface area contributed by atoms with Gasteiger partial charge in [-0.3, -0.25) is 9.59 Å². The molecule has 0 aromatic heterocycles. The van der Waals surface area contributed by atoms with Crippen molar-refractivity contribution >= 4 is 23.6 Å². The lowest BCUT2D eigenvalue weighted by Crippen LogP contribution is -2.33. The molecule has 1 saturated heterocycles. The molecule has 2 aliphatic heterocycles. The molecule has 2 amide bonds. The zero-order chi connectivity index (χ0) is 18.5. The third-order valence-corrected chi connectivity index (χ3v) is 5.67. The van der Waals surface area contributed by atoms with Crippen LogP contribution in [0.5, 0.6) is 5.75 Å². The Labute approximate surface area is 157 Å². The molecule has 0 bridgehead atoms. The van der Waals surface area contributed by atoms with Crippen LogP contribution in [-0.2, 0) is 9.59 Å². The molecule has 1 aromatic rings. The summed E-state index contributed by atoms with van der Waals surface area (Å²) in [5, 5.41) is 13.0. The van der Waals surface area contributed by atoms with E-state index in [4.69, 9.17) is 4.74 Å². The zero-order valence-corrected chi connectivity index (χ0v) is 15.5. The van der Waals surface area contributed by atoms with Gasteiger partial charge in [-0.2, -0.15) is 5.26 Å². The summed E-state index contributed by atoms with van der Waals surface area (Å²) < 4.78 is 5.40. The van der Waals surface area contributed by atoms with E-state index >= 15 is 0 Å². The van der Waals surface area contributed by atoms with Gasteiger partial charge < -0.3 is 15.0 Å². The first-order chi connectivity index (χ1) is 12.6. The maximum atomic E-state index is 12.3. The van der Waals surface area contributed by atoms with Gasteiger partial charge in [-0.1, -0.05) is 30.0 Å². The van der Waals surface area contributed by atoms with Gasteiger partial charge in [0.05, 0.1) is 29.5 Å². The van der Waals surface area contributed by atoms with Gasteiger partial charge in [0.1, 0.15) is 5.75 Å². The van der Waals surface area contributed by atoms with Crippen molar-refractivity contribution in [3.05, 3.63) is 40.4 Å². The number of nitriles is 1. The minimum absolute atomic E-state index is 0.0472. The molecule has 0 aliphatic carbocycles. The van der Waals surface area contributed by atoms with Crippen molar-refractivity contribution in [2.75, 3.05) is 26.0 Å². The Bertz CT molecular complexity index is 778. The van der Waals surface area contributed by atoms with Gasteiger partial charge in [0, 0.05) is 31.0 Å². The van der Waals surface area contributed by atoms with Crippen molar-refractivity contribution in [2.45, 2.75) is 25.2 Å². The summed E-state index contributed by atoms with van der Waals surface area (Å²) in [7, 11) is 1.57. The van der Waals surface area contributed by atoms with E-state index in [0.717, 1.165) is 31.5 Å². The Morgan fingerprint density at radius 3 is 2.81 bits per heavy atom. The van der Waals surface area contributed by atoms with E-state index in [1.165, 1.54) is 11.8 Å². The lowest BCUT2D eigenvalue weighted by Gasteiger charge is -2.26. The van der Waals surface area contributed by atoms with Gasteiger partial charge in [0.25, 0.3) is 0 Å². The molecule has 6 nitrogen and oxygen atoms in total. The number of methoxy groups -OCH3 is 1. The molecule has 1 N–H and O–H groups in total. The third kappa shape index (κ3) is 3.86. The summed E-state index contributed by atoms with van der Waals surface area (Å²) >= 11 is 1.23. The summed E-state index contributed by atoms with van der Waals surface area (Å²) in [6.07, 6.45) is 2.26. The van der Waals surface area contributed by atoms with Gasteiger partial charge in [-0.05, 0) is 18.9 Å². The number of benzene rings is 1. The van der Waals surface area contributed by atoms with Gasteiger partial charge in [-0.25, -0.2) is 0 Å². The number of rotatable bonds is 5. The van der Waals surface area contributed by atoms with Crippen molar-refractivity contribution in [1.82, 2.24) is 10.2 Å². The van der Waals surface area contributed by atoms with Gasteiger partial charge >= 0.3 is 0 Å². The average Bonchev–Trinajstić information content (AvgIpc) is 3.20. The number of carbonyl (C=O) groups is 2. The Morgan fingerprint density at radius 2 is 2.12 bits per heavy atom. The third-order valence-electron chi connectivity index (χ3n) is 4.67. The SMILES string of the molecule is COc1ccccc1C1CC(=O)NC(SCC(=O)N2CCCC2)=C1C#N. The number of amides is 2. The average molecular weight is 371 g/mol. The number of nitrogens with one attached hydrogen (secondary N) is 1. The minimum atomic E-state index is -0.366. The Kier molecular flexibility index (Phi) is 5.84. The normalized spacial score (nSPS) is 19.9. The fraction of sp³-hybridized carbons (Fsp3) is 0.421. The van der Waals surface area contributed by atoms with E-state index < -0.39 is 0 Å². The van der Waals surface area contributed by atoms with Crippen LogP contribution in [0.1, 0.15) is 30.7 Å². The maximum Gasteiger partial charge on any atom is 0.232 e. The van der Waals surface area contributed by atoms with E-state index in [0.29, 0.717) is 16.4 Å². The fourth-order valence-corrected chi connectivity index (χ4v) is 4.32. The first-order valence-corrected chi connectivity index (χ1v) is 9.60. The van der Waals surface area contributed by atoms with Gasteiger partial charge in [0.2, 0.25) is 11.8 Å². The molecule has 0 saturated carbocycles. The summed E-state index contributed by atoms with van der Waals surface area (Å²) in [5.41, 5.74) is 1.29. The zero-order valence-electron chi connectivity index (χ0n) is 14.7. The molecule has 1 unspecified atom stereocenters. The van der Waals surface area contributed by atoms with Crippen LogP contribution < -0.4 is 10.1 Å². The van der Waals surface area contributed by atoms with Crippen molar-refractivity contribution in [3.8, 4) is 11.8 Å². The molecule has 0 radical (unpaired) electrons. The number of allylic oxidation sites excluding steroid dienone is 1. The van der Waals surface area contributed by atoms with E-state index in [-0.39, 0.29) is 29.9 Å². The predicted octanol–water partition coefficient (Wildman–Crippen LogP) is 2.39. The summed E-state index contributed by atoms with van der Waals surface area (Å²) in [4.78, 5) is 26.3. The first-order valence-electron chi connectivity index (χ1n) is 8.61. The molecule has 1 fully saturated rings. The van der Waals surface area contributed by atoms with Crippen LogP contribution in [0.4, 0.5) is 0 Å². The first kappa shape index (κ1) is 18.3. The molecule has 1 aromatic carbocycles. The van der Waals surface area contributed by atoms with Crippen molar-refractivity contribution in [2.24, 2.45) is 0 Å². The van der Waals surface area contributed by atoms with Crippen molar-refractivity contribution in [3.63, 3.8) is 0 Å². The molecule has 2 aliphatic rings. The second-order valence-corrected chi connectivity index (χ2v) is 7.26. The number of carbonyl (C=O) groups excluding carboxylic acids is 2. The largest absolute Gasteiger partial charge is 0.496 e. The summed E-state index contributed by atoms with van der Waals surface area (Å²) in [5.74, 6) is 0.396. The molecule has 136 valence electrons. The molecule has 1 atom stereocenters. The molecule has 7 heteroatoms. The highest BCUT2D eigenvalue weighted by atomic mass is 32.2. The lowest BCUT2D eigenvalue weighted by molar-refractivity contribution is -0.127. The topological polar surface area (TPSA) is 82.4 Å². The number of ether oxygens (including phenoxy) is 1. The number of thioether (sulfide) groups is 1. The van der Waals surface area contributed by atoms with Crippen LogP contribution in [0.15, 0.2) is 34.9 Å². The second-order valence-electron chi connectivity index (χ2n) is 6.28. The summed E-state index contributed by atoms with van der Waals surface area (Å²) in [6.45, 7) is 1.58. The number of hydrogen-bond donors (Lipinski definition) is 1. The van der Waals surface area contributed by atoms with Crippen molar-refractivity contribution in [1.29, 1.82) is 5.26 Å². The highest BCUT2D eigenvalue weighted by Crippen LogP contribution is 2.39. The molecule has 2 heterocycles. The monoisotopic (exact) mass is 371 g/mol. The van der Waals surface area contributed by atoms with Crippen LogP contribution in [0, 0.1) is 11.3 Å². The highest BCUT2D eigenvalue weighted by molar-refractivity contribution is 8.03. The number of para-hydroxylation sites is 1. The van der Waals surface area contributed by atoms with Crippen LogP contribution in [0.2, 0.25) is 0 Å². The van der Waals surface area contributed by atoms with Crippen LogP contribution in [0.3, 0.4) is 0 Å².